The van der Waals surface area contributed by atoms with Crippen molar-refractivity contribution in [3.8, 4) is 18.1 Å². The van der Waals surface area contributed by atoms with Crippen molar-refractivity contribution in [2.24, 2.45) is 0 Å². The Morgan fingerprint density at radius 3 is 1.81 bits per heavy atom. The first-order chi connectivity index (χ1) is 18.2. The van der Waals surface area contributed by atoms with Crippen LogP contribution in [0.5, 0.6) is 12.0 Å². The fourth-order valence-electron chi connectivity index (χ4n) is 3.83. The Hall–Kier alpha value is -3.21. The summed E-state index contributed by atoms with van der Waals surface area (Å²) in [4.78, 5) is 25.5. The van der Waals surface area contributed by atoms with Crippen molar-refractivity contribution in [1.29, 1.82) is 5.26 Å². The molecule has 0 N–H and O–H groups in total. The molecule has 1 atom stereocenters. The average Bonchev–Trinajstić information content (AvgIpc) is 2.91. The fraction of sp³-hybridized carbons (Fsp3) is 0.621. The smallest absolute Gasteiger partial charge is 0.323 e. The molecule has 1 aromatic carbocycles. The Kier molecular flexibility index (Phi) is 15.4. The summed E-state index contributed by atoms with van der Waals surface area (Å²) in [6, 6.07) is 11.3. The normalized spacial score (nSPS) is 11.5. The largest absolute Gasteiger partial charge is 0.463 e. The van der Waals surface area contributed by atoms with Gasteiger partial charge in [-0.2, -0.15) is 15.2 Å². The summed E-state index contributed by atoms with van der Waals surface area (Å²) in [6.07, 6.45) is 12.4. The van der Waals surface area contributed by atoms with E-state index < -0.39 is 12.1 Å². The van der Waals surface area contributed by atoms with E-state index in [4.69, 9.17) is 19.5 Å². The van der Waals surface area contributed by atoms with Gasteiger partial charge in [0.2, 0.25) is 0 Å². The Balaban J connectivity index is 2.14. The SMILES string of the molecule is CCCCCCCCOc1nc(OCCCCCCCC)nc(C(OC(=O)CC#N)c2ccccc2)n1. The molecule has 8 heteroatoms. The summed E-state index contributed by atoms with van der Waals surface area (Å²) < 4.78 is 17.3. The van der Waals surface area contributed by atoms with Crippen LogP contribution in [-0.4, -0.2) is 34.1 Å². The lowest BCUT2D eigenvalue weighted by molar-refractivity contribution is -0.146. The maximum absolute atomic E-state index is 12.2. The third-order valence-electron chi connectivity index (χ3n) is 5.88. The number of rotatable bonds is 20. The van der Waals surface area contributed by atoms with Crippen molar-refractivity contribution in [3.05, 3.63) is 41.7 Å². The van der Waals surface area contributed by atoms with Crippen LogP contribution in [-0.2, 0) is 9.53 Å². The number of hydrogen-bond acceptors (Lipinski definition) is 8. The van der Waals surface area contributed by atoms with Gasteiger partial charge in [-0.25, -0.2) is 0 Å². The van der Waals surface area contributed by atoms with Crippen LogP contribution in [0.2, 0.25) is 0 Å². The molecule has 0 aliphatic rings. The van der Waals surface area contributed by atoms with Crippen LogP contribution in [0.3, 0.4) is 0 Å². The molecule has 1 heterocycles. The molecule has 0 saturated carbocycles. The van der Waals surface area contributed by atoms with E-state index in [2.05, 4.69) is 28.8 Å². The highest BCUT2D eigenvalue weighted by molar-refractivity contribution is 5.72. The number of ether oxygens (including phenoxy) is 3. The van der Waals surface area contributed by atoms with E-state index in [1.807, 2.05) is 36.4 Å². The molecule has 1 aromatic heterocycles. The third kappa shape index (κ3) is 12.5. The molecule has 0 radical (unpaired) electrons. The zero-order chi connectivity index (χ0) is 26.6. The van der Waals surface area contributed by atoms with Crippen molar-refractivity contribution in [2.75, 3.05) is 13.2 Å². The van der Waals surface area contributed by atoms with E-state index in [1.165, 1.54) is 51.4 Å². The molecule has 8 nitrogen and oxygen atoms in total. The van der Waals surface area contributed by atoms with Gasteiger partial charge < -0.3 is 14.2 Å². The molecule has 2 rings (SSSR count). The Bertz CT molecular complexity index is 897. The van der Waals surface area contributed by atoms with E-state index in [0.717, 1.165) is 25.7 Å². The summed E-state index contributed by atoms with van der Waals surface area (Å²) in [5.41, 5.74) is 0.684. The van der Waals surface area contributed by atoms with Gasteiger partial charge in [0.15, 0.2) is 11.9 Å². The van der Waals surface area contributed by atoms with Crippen molar-refractivity contribution in [1.82, 2.24) is 15.0 Å². The van der Waals surface area contributed by atoms with Crippen LogP contribution in [0.4, 0.5) is 0 Å². The quantitative estimate of drug-likeness (QED) is 0.140. The number of unbranched alkanes of at least 4 members (excludes halogenated alkanes) is 10. The highest BCUT2D eigenvalue weighted by atomic mass is 16.5. The maximum atomic E-state index is 12.2. The van der Waals surface area contributed by atoms with Gasteiger partial charge in [0.25, 0.3) is 0 Å². The first-order valence-corrected chi connectivity index (χ1v) is 13.8. The summed E-state index contributed by atoms with van der Waals surface area (Å²) in [5, 5.41) is 8.92. The molecule has 0 saturated heterocycles. The molecule has 2 aromatic rings. The molecule has 0 aliphatic heterocycles. The molecule has 202 valence electrons. The number of esters is 1. The van der Waals surface area contributed by atoms with Gasteiger partial charge in [-0.15, -0.1) is 4.98 Å². The molecule has 37 heavy (non-hydrogen) atoms. The minimum Gasteiger partial charge on any atom is -0.463 e. The number of nitrogens with zero attached hydrogens (tertiary/aromatic N) is 4. The molecule has 0 aliphatic carbocycles. The van der Waals surface area contributed by atoms with E-state index in [1.54, 1.807) is 0 Å². The van der Waals surface area contributed by atoms with Crippen LogP contribution in [0, 0.1) is 11.3 Å². The van der Waals surface area contributed by atoms with Crippen molar-refractivity contribution in [2.45, 2.75) is 103 Å². The lowest BCUT2D eigenvalue weighted by Gasteiger charge is -2.18. The Labute approximate surface area is 221 Å². The summed E-state index contributed by atoms with van der Waals surface area (Å²) >= 11 is 0. The number of aromatic nitrogens is 3. The van der Waals surface area contributed by atoms with E-state index >= 15 is 0 Å². The van der Waals surface area contributed by atoms with Crippen molar-refractivity contribution < 1.29 is 19.0 Å². The number of benzene rings is 1. The maximum Gasteiger partial charge on any atom is 0.323 e. The topological polar surface area (TPSA) is 107 Å². The molecule has 0 bridgehead atoms. The summed E-state index contributed by atoms with van der Waals surface area (Å²) in [7, 11) is 0. The second-order valence-electron chi connectivity index (χ2n) is 9.11. The zero-order valence-electron chi connectivity index (χ0n) is 22.5. The average molecular weight is 511 g/mol. The fourth-order valence-corrected chi connectivity index (χ4v) is 3.83. The highest BCUT2D eigenvalue weighted by Crippen LogP contribution is 2.26. The van der Waals surface area contributed by atoms with Crippen LogP contribution in [0.25, 0.3) is 0 Å². The molecule has 0 amide bonds. The van der Waals surface area contributed by atoms with Crippen molar-refractivity contribution in [3.63, 3.8) is 0 Å². The molecule has 1 unspecified atom stereocenters. The van der Waals surface area contributed by atoms with Gasteiger partial charge in [0.05, 0.1) is 19.3 Å². The standard InChI is InChI=1S/C29H42N4O4/c1-3-5-7-9-11-16-22-35-28-31-27(32-29(33-28)36-23-17-12-10-8-6-4-2)26(37-25(34)20-21-30)24-18-14-13-15-19-24/h13-15,18-19,26H,3-12,16-17,20,22-23H2,1-2H3. The first kappa shape index (κ1) is 30.0. The predicted octanol–water partition coefficient (Wildman–Crippen LogP) is 6.90. The minimum atomic E-state index is -0.905. The summed E-state index contributed by atoms with van der Waals surface area (Å²) in [6.45, 7) is 5.37. The monoisotopic (exact) mass is 510 g/mol. The molecular formula is C29H42N4O4. The van der Waals surface area contributed by atoms with Crippen LogP contribution < -0.4 is 9.47 Å². The van der Waals surface area contributed by atoms with E-state index in [9.17, 15) is 4.79 Å². The Morgan fingerprint density at radius 1 is 0.784 bits per heavy atom. The van der Waals surface area contributed by atoms with Gasteiger partial charge in [-0.1, -0.05) is 108 Å². The van der Waals surface area contributed by atoms with Gasteiger partial charge in [0, 0.05) is 5.56 Å². The van der Waals surface area contributed by atoms with E-state index in [0.29, 0.717) is 18.8 Å². The number of nitriles is 1. The lowest BCUT2D eigenvalue weighted by atomic mass is 10.1. The van der Waals surface area contributed by atoms with Crippen LogP contribution >= 0.6 is 0 Å². The van der Waals surface area contributed by atoms with Gasteiger partial charge in [-0.3, -0.25) is 4.79 Å². The van der Waals surface area contributed by atoms with E-state index in [-0.39, 0.29) is 24.3 Å². The van der Waals surface area contributed by atoms with Gasteiger partial charge in [-0.05, 0) is 12.8 Å². The number of hydrogen-bond donors (Lipinski definition) is 0. The third-order valence-corrected chi connectivity index (χ3v) is 5.88. The lowest BCUT2D eigenvalue weighted by Crippen LogP contribution is -2.17. The highest BCUT2D eigenvalue weighted by Gasteiger charge is 2.24. The van der Waals surface area contributed by atoms with Gasteiger partial charge in [0.1, 0.15) is 6.42 Å². The second kappa shape index (κ2) is 19.0. The van der Waals surface area contributed by atoms with Crippen LogP contribution in [0.1, 0.15) is 115 Å². The number of carbonyl (C=O) groups excluding carboxylic acids is 1. The van der Waals surface area contributed by atoms with Gasteiger partial charge >= 0.3 is 18.0 Å². The molecule has 0 spiro atoms. The summed E-state index contributed by atoms with van der Waals surface area (Å²) in [5.74, 6) is -0.441. The van der Waals surface area contributed by atoms with Crippen molar-refractivity contribution >= 4 is 5.97 Å². The zero-order valence-corrected chi connectivity index (χ0v) is 22.5. The minimum absolute atomic E-state index is 0.147. The molecule has 0 fully saturated rings. The van der Waals surface area contributed by atoms with Crippen LogP contribution in [0.15, 0.2) is 30.3 Å². The molecular weight excluding hydrogens is 468 g/mol. The second-order valence-corrected chi connectivity index (χ2v) is 9.11. The number of carbonyl (C=O) groups is 1. The predicted molar refractivity (Wildman–Crippen MR) is 142 cm³/mol. The Morgan fingerprint density at radius 2 is 1.30 bits per heavy atom. The first-order valence-electron chi connectivity index (χ1n) is 13.8.